The molecular weight excluding hydrogens is 240 g/mol. The van der Waals surface area contributed by atoms with E-state index in [2.05, 4.69) is 0 Å². The Morgan fingerprint density at radius 1 is 1.39 bits per heavy atom. The van der Waals surface area contributed by atoms with Gasteiger partial charge in [0.15, 0.2) is 0 Å². The molecule has 0 amide bonds. The van der Waals surface area contributed by atoms with E-state index in [0.717, 1.165) is 5.56 Å². The van der Waals surface area contributed by atoms with Crippen molar-refractivity contribution in [3.05, 3.63) is 35.9 Å². The molecular formula is C13H15F2NO2. The van der Waals surface area contributed by atoms with Crippen LogP contribution in [0.1, 0.15) is 18.4 Å². The van der Waals surface area contributed by atoms with Crippen LogP contribution < -0.4 is 0 Å². The summed E-state index contributed by atoms with van der Waals surface area (Å²) >= 11 is 0. The van der Waals surface area contributed by atoms with Crippen molar-refractivity contribution in [1.29, 1.82) is 0 Å². The van der Waals surface area contributed by atoms with E-state index in [9.17, 15) is 13.6 Å². The molecule has 1 aliphatic rings. The lowest BCUT2D eigenvalue weighted by Gasteiger charge is -2.28. The van der Waals surface area contributed by atoms with E-state index in [1.54, 1.807) is 4.90 Å². The maximum atomic E-state index is 13.6. The van der Waals surface area contributed by atoms with Crippen molar-refractivity contribution in [3.8, 4) is 0 Å². The van der Waals surface area contributed by atoms with E-state index >= 15 is 0 Å². The van der Waals surface area contributed by atoms with Gasteiger partial charge in [0.25, 0.3) is 0 Å². The van der Waals surface area contributed by atoms with Gasteiger partial charge in [-0.3, -0.25) is 4.90 Å². The van der Waals surface area contributed by atoms with Crippen LogP contribution in [-0.2, 0) is 11.3 Å². The summed E-state index contributed by atoms with van der Waals surface area (Å²) in [4.78, 5) is 12.2. The number of aliphatic carboxylic acids is 1. The Kier molecular flexibility index (Phi) is 3.61. The summed E-state index contributed by atoms with van der Waals surface area (Å²) in [6.07, 6.45) is 0.840. The quantitative estimate of drug-likeness (QED) is 0.898. The van der Waals surface area contributed by atoms with Crippen LogP contribution in [0, 0.1) is 0 Å². The first-order chi connectivity index (χ1) is 8.51. The van der Waals surface area contributed by atoms with Crippen LogP contribution in [0.2, 0.25) is 0 Å². The molecule has 0 bridgehead atoms. The van der Waals surface area contributed by atoms with E-state index in [0.29, 0.717) is 19.5 Å². The lowest BCUT2D eigenvalue weighted by Crippen LogP contribution is -2.48. The van der Waals surface area contributed by atoms with Crippen molar-refractivity contribution in [3.63, 3.8) is 0 Å². The number of halogens is 2. The molecule has 0 aliphatic carbocycles. The first-order valence-corrected chi connectivity index (χ1v) is 5.91. The lowest BCUT2D eigenvalue weighted by atomic mass is 10.1. The molecule has 1 aliphatic heterocycles. The van der Waals surface area contributed by atoms with E-state index in [1.165, 1.54) is 0 Å². The van der Waals surface area contributed by atoms with Gasteiger partial charge < -0.3 is 5.11 Å². The topological polar surface area (TPSA) is 40.5 Å². The summed E-state index contributed by atoms with van der Waals surface area (Å²) < 4.78 is 27.1. The van der Waals surface area contributed by atoms with Crippen LogP contribution in [0.25, 0.3) is 0 Å². The minimum Gasteiger partial charge on any atom is -0.477 e. The number of nitrogens with zero attached hydrogens (tertiary/aromatic N) is 1. The van der Waals surface area contributed by atoms with Crippen LogP contribution in [0.5, 0.6) is 0 Å². The molecule has 0 aromatic heterocycles. The zero-order valence-electron chi connectivity index (χ0n) is 9.85. The summed E-state index contributed by atoms with van der Waals surface area (Å²) in [7, 11) is 0. The van der Waals surface area contributed by atoms with Crippen LogP contribution in [0.4, 0.5) is 8.78 Å². The van der Waals surface area contributed by atoms with Gasteiger partial charge in [-0.1, -0.05) is 30.3 Å². The van der Waals surface area contributed by atoms with Gasteiger partial charge in [0.05, 0.1) is 6.04 Å². The molecule has 1 aromatic carbocycles. The van der Waals surface area contributed by atoms with Crippen molar-refractivity contribution < 1.29 is 18.7 Å². The summed E-state index contributed by atoms with van der Waals surface area (Å²) in [6.45, 7) is 0.886. The molecule has 1 N–H and O–H groups in total. The summed E-state index contributed by atoms with van der Waals surface area (Å²) in [5, 5.41) is 8.61. The standard InChI is InChI=1S/C13H15F2NO2/c14-13(15,12(17)18)11-7-4-8-16(11)9-10-5-2-1-3-6-10/h1-3,5-6,11H,4,7-9H2,(H,17,18). The maximum Gasteiger partial charge on any atom is 0.376 e. The molecule has 1 saturated heterocycles. The highest BCUT2D eigenvalue weighted by atomic mass is 19.3. The molecule has 1 aromatic rings. The molecule has 1 heterocycles. The predicted octanol–water partition coefficient (Wildman–Crippen LogP) is 2.37. The summed E-state index contributed by atoms with van der Waals surface area (Å²) in [5.74, 6) is -5.71. The molecule has 2 rings (SSSR count). The van der Waals surface area contributed by atoms with Gasteiger partial charge in [-0.15, -0.1) is 0 Å². The van der Waals surface area contributed by atoms with Gasteiger partial charge in [0.1, 0.15) is 0 Å². The number of hydrogen-bond acceptors (Lipinski definition) is 2. The third-order valence-corrected chi connectivity index (χ3v) is 3.30. The van der Waals surface area contributed by atoms with Crippen molar-refractivity contribution >= 4 is 5.97 Å². The zero-order valence-corrected chi connectivity index (χ0v) is 9.85. The molecule has 1 unspecified atom stereocenters. The van der Waals surface area contributed by atoms with Crippen LogP contribution in [0.3, 0.4) is 0 Å². The third kappa shape index (κ3) is 2.51. The Hall–Kier alpha value is -1.49. The van der Waals surface area contributed by atoms with Crippen LogP contribution in [-0.4, -0.2) is 34.5 Å². The second-order valence-corrected chi connectivity index (χ2v) is 4.54. The number of carboxylic acids is 1. The number of carbonyl (C=O) groups is 1. The average Bonchev–Trinajstić information content (AvgIpc) is 2.79. The second kappa shape index (κ2) is 5.02. The van der Waals surface area contributed by atoms with Gasteiger partial charge in [-0.25, -0.2) is 4.79 Å². The third-order valence-electron chi connectivity index (χ3n) is 3.30. The van der Waals surface area contributed by atoms with Gasteiger partial charge in [-0.2, -0.15) is 8.78 Å². The van der Waals surface area contributed by atoms with Crippen molar-refractivity contribution in [2.45, 2.75) is 31.4 Å². The first kappa shape index (κ1) is 13.0. The molecule has 3 nitrogen and oxygen atoms in total. The van der Waals surface area contributed by atoms with Gasteiger partial charge in [0, 0.05) is 6.54 Å². The predicted molar refractivity (Wildman–Crippen MR) is 62.5 cm³/mol. The fourth-order valence-corrected chi connectivity index (χ4v) is 2.39. The second-order valence-electron chi connectivity index (χ2n) is 4.54. The van der Waals surface area contributed by atoms with Crippen molar-refractivity contribution in [1.82, 2.24) is 4.90 Å². The average molecular weight is 255 g/mol. The fourth-order valence-electron chi connectivity index (χ4n) is 2.39. The van der Waals surface area contributed by atoms with Crippen molar-refractivity contribution in [2.75, 3.05) is 6.54 Å². The Bertz CT molecular complexity index is 422. The SMILES string of the molecule is O=C(O)C(F)(F)C1CCCN1Cc1ccccc1. The van der Waals surface area contributed by atoms with E-state index < -0.39 is 17.9 Å². The number of benzene rings is 1. The van der Waals surface area contributed by atoms with Gasteiger partial charge in [-0.05, 0) is 24.9 Å². The van der Waals surface area contributed by atoms with E-state index in [1.807, 2.05) is 30.3 Å². The molecule has 1 fully saturated rings. The molecule has 0 saturated carbocycles. The number of likely N-dealkylation sites (tertiary alicyclic amines) is 1. The molecule has 98 valence electrons. The Balaban J connectivity index is 2.11. The summed E-state index contributed by atoms with van der Waals surface area (Å²) in [6, 6.07) is 8.06. The molecule has 1 atom stereocenters. The smallest absolute Gasteiger partial charge is 0.376 e. The van der Waals surface area contributed by atoms with Crippen LogP contribution >= 0.6 is 0 Å². The highest BCUT2D eigenvalue weighted by Crippen LogP contribution is 2.32. The number of carboxylic acid groups (broad SMARTS) is 1. The Morgan fingerprint density at radius 3 is 2.67 bits per heavy atom. The lowest BCUT2D eigenvalue weighted by molar-refractivity contribution is -0.174. The van der Waals surface area contributed by atoms with E-state index in [4.69, 9.17) is 5.11 Å². The minimum atomic E-state index is -3.68. The number of rotatable bonds is 4. The van der Waals surface area contributed by atoms with Crippen molar-refractivity contribution in [2.24, 2.45) is 0 Å². The Labute approximate surface area is 104 Å². The fraction of sp³-hybridized carbons (Fsp3) is 0.462. The number of hydrogen-bond donors (Lipinski definition) is 1. The Morgan fingerprint density at radius 2 is 2.06 bits per heavy atom. The van der Waals surface area contributed by atoms with Gasteiger partial charge in [0.2, 0.25) is 0 Å². The summed E-state index contributed by atoms with van der Waals surface area (Å²) in [5.41, 5.74) is 0.922. The minimum absolute atomic E-state index is 0.228. The van der Waals surface area contributed by atoms with Gasteiger partial charge >= 0.3 is 11.9 Å². The highest BCUT2D eigenvalue weighted by molar-refractivity contribution is 5.76. The maximum absolute atomic E-state index is 13.6. The molecule has 0 spiro atoms. The largest absolute Gasteiger partial charge is 0.477 e. The highest BCUT2D eigenvalue weighted by Gasteiger charge is 2.51. The normalized spacial score (nSPS) is 21.1. The van der Waals surface area contributed by atoms with Crippen LogP contribution in [0.15, 0.2) is 30.3 Å². The molecule has 18 heavy (non-hydrogen) atoms. The number of alkyl halides is 2. The monoisotopic (exact) mass is 255 g/mol. The first-order valence-electron chi connectivity index (χ1n) is 5.91. The molecule has 0 radical (unpaired) electrons. The molecule has 5 heteroatoms. The van der Waals surface area contributed by atoms with E-state index in [-0.39, 0.29) is 6.42 Å². The zero-order chi connectivity index (χ0) is 13.2.